The van der Waals surface area contributed by atoms with E-state index in [1.165, 1.54) is 0 Å². The van der Waals surface area contributed by atoms with Gasteiger partial charge in [0.05, 0.1) is 18.6 Å². The van der Waals surface area contributed by atoms with Crippen molar-refractivity contribution in [2.75, 3.05) is 6.54 Å². The molecule has 0 spiro atoms. The van der Waals surface area contributed by atoms with Crippen molar-refractivity contribution in [3.8, 4) is 5.75 Å². The molecule has 1 amide bonds. The molecule has 0 heterocycles. The second kappa shape index (κ2) is 11.1. The third-order valence-corrected chi connectivity index (χ3v) is 5.73. The SMILES string of the molecule is C[C@H](NC(=O)Cc1cccc(CC(C)(C)NCC(O)c2ccc(O)cc2)c1)c1ccccc1. The smallest absolute Gasteiger partial charge is 0.224 e. The van der Waals surface area contributed by atoms with Crippen molar-refractivity contribution < 1.29 is 15.0 Å². The molecule has 3 aromatic carbocycles. The lowest BCUT2D eigenvalue weighted by Crippen LogP contribution is -2.43. The second-order valence-electron chi connectivity index (χ2n) is 9.25. The van der Waals surface area contributed by atoms with Crippen LogP contribution in [0.3, 0.4) is 0 Å². The summed E-state index contributed by atoms with van der Waals surface area (Å²) in [4.78, 5) is 12.6. The largest absolute Gasteiger partial charge is 0.508 e. The highest BCUT2D eigenvalue weighted by molar-refractivity contribution is 5.79. The van der Waals surface area contributed by atoms with E-state index < -0.39 is 6.10 Å². The van der Waals surface area contributed by atoms with E-state index in [-0.39, 0.29) is 23.2 Å². The molecule has 4 N–H and O–H groups in total. The molecule has 0 aliphatic rings. The van der Waals surface area contributed by atoms with Gasteiger partial charge >= 0.3 is 0 Å². The molecule has 0 bridgehead atoms. The maximum absolute atomic E-state index is 12.6. The zero-order valence-corrected chi connectivity index (χ0v) is 19.6. The molecule has 5 heteroatoms. The lowest BCUT2D eigenvalue weighted by molar-refractivity contribution is -0.121. The average molecular weight is 447 g/mol. The Morgan fingerprint density at radius 2 is 1.58 bits per heavy atom. The first-order valence-electron chi connectivity index (χ1n) is 11.4. The van der Waals surface area contributed by atoms with Crippen LogP contribution in [0.25, 0.3) is 0 Å². The Hall–Kier alpha value is -3.15. The second-order valence-corrected chi connectivity index (χ2v) is 9.25. The Morgan fingerprint density at radius 1 is 0.909 bits per heavy atom. The number of rotatable bonds is 10. The van der Waals surface area contributed by atoms with E-state index in [4.69, 9.17) is 0 Å². The summed E-state index contributed by atoms with van der Waals surface area (Å²) in [6.07, 6.45) is 0.426. The summed E-state index contributed by atoms with van der Waals surface area (Å²) >= 11 is 0. The zero-order valence-electron chi connectivity index (χ0n) is 19.6. The molecule has 33 heavy (non-hydrogen) atoms. The summed E-state index contributed by atoms with van der Waals surface area (Å²) < 4.78 is 0. The van der Waals surface area contributed by atoms with E-state index >= 15 is 0 Å². The van der Waals surface area contributed by atoms with Gasteiger partial charge in [0.25, 0.3) is 0 Å². The minimum atomic E-state index is -0.661. The van der Waals surface area contributed by atoms with Crippen molar-refractivity contribution in [2.45, 2.75) is 51.3 Å². The third kappa shape index (κ3) is 7.74. The van der Waals surface area contributed by atoms with Crippen LogP contribution in [0.4, 0.5) is 0 Å². The summed E-state index contributed by atoms with van der Waals surface area (Å²) in [6, 6.07) is 24.6. The molecule has 1 unspecified atom stereocenters. The van der Waals surface area contributed by atoms with Crippen molar-refractivity contribution in [2.24, 2.45) is 0 Å². The van der Waals surface area contributed by atoms with Crippen molar-refractivity contribution in [3.63, 3.8) is 0 Å². The van der Waals surface area contributed by atoms with Gasteiger partial charge in [-0.05, 0) is 61.6 Å². The number of aliphatic hydroxyl groups excluding tert-OH is 1. The predicted molar refractivity (Wildman–Crippen MR) is 132 cm³/mol. The molecular formula is C28H34N2O3. The number of β-amino-alcohol motifs (C(OH)–C–C–N with tert-alkyl or cyclic N) is 1. The Labute approximate surface area is 196 Å². The van der Waals surface area contributed by atoms with Crippen LogP contribution in [0.1, 0.15) is 55.2 Å². The Bertz CT molecular complexity index is 1030. The normalized spacial score (nSPS) is 13.3. The molecule has 2 atom stereocenters. The lowest BCUT2D eigenvalue weighted by Gasteiger charge is -2.28. The van der Waals surface area contributed by atoms with Gasteiger partial charge in [-0.1, -0.05) is 66.7 Å². The lowest BCUT2D eigenvalue weighted by atomic mass is 9.93. The van der Waals surface area contributed by atoms with Gasteiger partial charge in [0, 0.05) is 12.1 Å². The molecule has 174 valence electrons. The number of carbonyl (C=O) groups excluding carboxylic acids is 1. The Kier molecular flexibility index (Phi) is 8.26. The number of phenolic OH excluding ortho intramolecular Hbond substituents is 1. The highest BCUT2D eigenvalue weighted by Gasteiger charge is 2.20. The van der Waals surface area contributed by atoms with Gasteiger partial charge in [0.1, 0.15) is 5.75 Å². The maximum atomic E-state index is 12.6. The van der Waals surface area contributed by atoms with Crippen LogP contribution >= 0.6 is 0 Å². The van der Waals surface area contributed by atoms with Crippen LogP contribution in [-0.4, -0.2) is 28.2 Å². The molecule has 0 fully saturated rings. The van der Waals surface area contributed by atoms with E-state index in [1.807, 2.05) is 49.4 Å². The van der Waals surface area contributed by atoms with Crippen molar-refractivity contribution in [1.29, 1.82) is 0 Å². The Morgan fingerprint density at radius 3 is 2.27 bits per heavy atom. The van der Waals surface area contributed by atoms with Crippen molar-refractivity contribution in [3.05, 3.63) is 101 Å². The fraction of sp³-hybridized carbons (Fsp3) is 0.321. The summed E-state index contributed by atoms with van der Waals surface area (Å²) in [6.45, 7) is 6.58. The highest BCUT2D eigenvalue weighted by Crippen LogP contribution is 2.19. The van der Waals surface area contributed by atoms with Crippen LogP contribution in [0.5, 0.6) is 5.75 Å². The van der Waals surface area contributed by atoms with Crippen LogP contribution in [0.2, 0.25) is 0 Å². The van der Waals surface area contributed by atoms with Gasteiger partial charge in [-0.2, -0.15) is 0 Å². The number of phenols is 1. The number of hydrogen-bond donors (Lipinski definition) is 4. The topological polar surface area (TPSA) is 81.6 Å². The molecule has 0 radical (unpaired) electrons. The molecule has 0 saturated heterocycles. The van der Waals surface area contributed by atoms with Crippen molar-refractivity contribution in [1.82, 2.24) is 10.6 Å². The van der Waals surface area contributed by atoms with Gasteiger partial charge in [0.2, 0.25) is 5.91 Å². The van der Waals surface area contributed by atoms with Gasteiger partial charge in [-0.3, -0.25) is 4.79 Å². The fourth-order valence-corrected chi connectivity index (χ4v) is 3.91. The highest BCUT2D eigenvalue weighted by atomic mass is 16.3. The predicted octanol–water partition coefficient (Wildman–Crippen LogP) is 4.46. The first kappa shape index (κ1) is 24.5. The third-order valence-electron chi connectivity index (χ3n) is 5.73. The van der Waals surface area contributed by atoms with E-state index in [2.05, 4.69) is 36.6 Å². The van der Waals surface area contributed by atoms with Gasteiger partial charge in [-0.25, -0.2) is 0 Å². The molecule has 0 aromatic heterocycles. The molecule has 0 saturated carbocycles. The maximum Gasteiger partial charge on any atom is 0.224 e. The number of carbonyl (C=O) groups is 1. The number of benzene rings is 3. The number of amides is 1. The molecule has 3 rings (SSSR count). The average Bonchev–Trinajstić information content (AvgIpc) is 2.78. The summed E-state index contributed by atoms with van der Waals surface area (Å²) in [5.41, 5.74) is 3.70. The first-order valence-corrected chi connectivity index (χ1v) is 11.4. The number of aliphatic hydroxyl groups is 1. The van der Waals surface area contributed by atoms with Crippen molar-refractivity contribution >= 4 is 5.91 Å². The van der Waals surface area contributed by atoms with E-state index in [0.29, 0.717) is 13.0 Å². The molecule has 0 aliphatic carbocycles. The van der Waals surface area contributed by atoms with Gasteiger partial charge < -0.3 is 20.8 Å². The van der Waals surface area contributed by atoms with E-state index in [1.54, 1.807) is 24.3 Å². The van der Waals surface area contributed by atoms with Crippen LogP contribution < -0.4 is 10.6 Å². The van der Waals surface area contributed by atoms with Crippen LogP contribution in [0, 0.1) is 0 Å². The zero-order chi connectivity index (χ0) is 23.8. The fourth-order valence-electron chi connectivity index (χ4n) is 3.91. The molecule has 3 aromatic rings. The van der Waals surface area contributed by atoms with Crippen LogP contribution in [0.15, 0.2) is 78.9 Å². The first-order chi connectivity index (χ1) is 15.7. The van der Waals surface area contributed by atoms with E-state index in [9.17, 15) is 15.0 Å². The molecular weight excluding hydrogens is 412 g/mol. The summed E-state index contributed by atoms with van der Waals surface area (Å²) in [5, 5.41) is 26.4. The molecule has 5 nitrogen and oxygen atoms in total. The van der Waals surface area contributed by atoms with E-state index in [0.717, 1.165) is 28.7 Å². The summed E-state index contributed by atoms with van der Waals surface area (Å²) in [5.74, 6) is 0.181. The minimum absolute atomic E-state index is 0.00194. The van der Waals surface area contributed by atoms with Gasteiger partial charge in [-0.15, -0.1) is 0 Å². The summed E-state index contributed by atoms with van der Waals surface area (Å²) in [7, 11) is 0. The number of nitrogens with one attached hydrogen (secondary N) is 2. The monoisotopic (exact) mass is 446 g/mol. The minimum Gasteiger partial charge on any atom is -0.508 e. The molecule has 0 aliphatic heterocycles. The van der Waals surface area contributed by atoms with Gasteiger partial charge in [0.15, 0.2) is 0 Å². The number of hydrogen-bond acceptors (Lipinski definition) is 4. The standard InChI is InChI=1S/C28H34N2O3/c1-20(23-10-5-4-6-11-23)30-27(33)17-21-8-7-9-22(16-21)18-28(2,3)29-19-26(32)24-12-14-25(31)15-13-24/h4-16,20,26,29,31-32H,17-19H2,1-3H3,(H,30,33)/t20-,26?/m0/s1. The quantitative estimate of drug-likeness (QED) is 0.371. The Balaban J connectivity index is 1.53. The van der Waals surface area contributed by atoms with Crippen LogP contribution in [-0.2, 0) is 17.6 Å². The number of aromatic hydroxyl groups is 1.